The molecule has 1 spiro atoms. The maximum atomic E-state index is 6.76. The van der Waals surface area contributed by atoms with Crippen molar-refractivity contribution in [3.05, 3.63) is 246 Å². The van der Waals surface area contributed by atoms with Crippen LogP contribution in [0.5, 0.6) is 0 Å². The van der Waals surface area contributed by atoms with Crippen molar-refractivity contribution in [2.45, 2.75) is 24.7 Å². The van der Waals surface area contributed by atoms with Gasteiger partial charge < -0.3 is 9.32 Å². The van der Waals surface area contributed by atoms with Crippen molar-refractivity contribution >= 4 is 28.0 Å². The molecule has 9 aromatic carbocycles. The van der Waals surface area contributed by atoms with E-state index in [0.717, 1.165) is 28.4 Å². The minimum absolute atomic E-state index is 0.121. The molecule has 1 aromatic heterocycles. The Balaban J connectivity index is 0.977. The van der Waals surface area contributed by atoms with E-state index in [9.17, 15) is 0 Å². The average Bonchev–Trinajstić information content (AvgIpc) is 4.01. The number of furan rings is 1. The second-order valence-electron chi connectivity index (χ2n) is 17.6. The van der Waals surface area contributed by atoms with Crippen LogP contribution < -0.4 is 4.90 Å². The quantitative estimate of drug-likeness (QED) is 0.173. The predicted octanol–water partition coefficient (Wildman–Crippen LogP) is 15.9. The van der Waals surface area contributed by atoms with Crippen molar-refractivity contribution in [3.63, 3.8) is 0 Å². The Kier molecular flexibility index (Phi) is 7.31. The van der Waals surface area contributed by atoms with Crippen LogP contribution in [0.4, 0.5) is 17.1 Å². The van der Waals surface area contributed by atoms with Crippen molar-refractivity contribution in [1.82, 2.24) is 0 Å². The van der Waals surface area contributed by atoms with Crippen LogP contribution in [0.2, 0.25) is 0 Å². The lowest BCUT2D eigenvalue weighted by atomic mass is 9.70. The molecule has 3 aliphatic carbocycles. The van der Waals surface area contributed by atoms with Crippen molar-refractivity contribution in [2.75, 3.05) is 4.90 Å². The summed E-state index contributed by atoms with van der Waals surface area (Å²) in [6.45, 7) is 4.72. The first kappa shape index (κ1) is 35.1. The number of hydrogen-bond donors (Lipinski definition) is 0. The highest BCUT2D eigenvalue weighted by Crippen LogP contribution is 2.65. The van der Waals surface area contributed by atoms with E-state index in [1.54, 1.807) is 0 Å². The van der Waals surface area contributed by atoms with Gasteiger partial charge in [0.05, 0.1) is 11.1 Å². The molecule has 0 N–H and O–H groups in total. The fraction of sp³-hybridized carbons (Fsp3) is 0.0667. The van der Waals surface area contributed by atoms with E-state index in [0.29, 0.717) is 0 Å². The molecule has 62 heavy (non-hydrogen) atoms. The summed E-state index contributed by atoms with van der Waals surface area (Å²) in [4.78, 5) is 2.45. The smallest absolute Gasteiger partial charge is 0.140 e. The highest BCUT2D eigenvalue weighted by atomic mass is 16.3. The Morgan fingerprint density at radius 1 is 0.371 bits per heavy atom. The lowest BCUT2D eigenvalue weighted by Crippen LogP contribution is -2.25. The molecule has 10 aromatic rings. The minimum atomic E-state index is -0.501. The van der Waals surface area contributed by atoms with Crippen molar-refractivity contribution < 1.29 is 4.42 Å². The largest absolute Gasteiger partial charge is 0.456 e. The van der Waals surface area contributed by atoms with Gasteiger partial charge >= 0.3 is 0 Å². The number of para-hydroxylation sites is 2. The summed E-state index contributed by atoms with van der Waals surface area (Å²) < 4.78 is 6.76. The van der Waals surface area contributed by atoms with Gasteiger partial charge in [-0.25, -0.2) is 0 Å². The highest BCUT2D eigenvalue weighted by molar-refractivity contribution is 6.02. The minimum Gasteiger partial charge on any atom is -0.456 e. The lowest BCUT2D eigenvalue weighted by molar-refractivity contribution is 0.628. The molecule has 0 aliphatic heterocycles. The molecule has 0 radical (unpaired) electrons. The number of anilines is 3. The normalized spacial score (nSPS) is 15.8. The van der Waals surface area contributed by atoms with Gasteiger partial charge in [0.1, 0.15) is 11.3 Å². The zero-order valence-electron chi connectivity index (χ0n) is 34.6. The Bertz CT molecular complexity index is 3440. The summed E-state index contributed by atoms with van der Waals surface area (Å²) in [6.07, 6.45) is 0. The summed E-state index contributed by atoms with van der Waals surface area (Å²) >= 11 is 0. The molecule has 3 aliphatic rings. The van der Waals surface area contributed by atoms with E-state index in [1.807, 2.05) is 0 Å². The molecular formula is C60H41NO. The van der Waals surface area contributed by atoms with E-state index in [2.05, 4.69) is 231 Å². The molecule has 13 rings (SSSR count). The average molecular weight is 792 g/mol. The third-order valence-corrected chi connectivity index (χ3v) is 14.1. The standard InChI is InChI=1S/C60H41NO/c1-59(2)50-23-11-6-19-44(50)46-35-33-42(37-53(46)59)61(55-26-14-9-18-43(55)39-16-4-3-5-17-39)41-31-28-38(29-32-41)40-30-34-47-45-20-7-12-24-51(45)60(54(47)36-40)52-25-13-8-21-48(52)58-57(60)49-22-10-15-27-56(49)62-58/h3-37H,1-2H3. The number of rotatable bonds is 5. The van der Waals surface area contributed by atoms with Crippen LogP contribution in [-0.4, -0.2) is 0 Å². The van der Waals surface area contributed by atoms with Crippen LogP contribution in [0.15, 0.2) is 217 Å². The predicted molar refractivity (Wildman–Crippen MR) is 256 cm³/mol. The fourth-order valence-corrected chi connectivity index (χ4v) is 11.4. The summed E-state index contributed by atoms with van der Waals surface area (Å²) in [5, 5.41) is 1.17. The number of benzene rings is 9. The summed E-state index contributed by atoms with van der Waals surface area (Å²) in [6, 6.07) is 78.2. The van der Waals surface area contributed by atoms with E-state index in [4.69, 9.17) is 4.42 Å². The number of hydrogen-bond acceptors (Lipinski definition) is 2. The van der Waals surface area contributed by atoms with Crippen LogP contribution in [0, 0.1) is 0 Å². The van der Waals surface area contributed by atoms with Crippen LogP contribution >= 0.6 is 0 Å². The van der Waals surface area contributed by atoms with Gasteiger partial charge in [0.25, 0.3) is 0 Å². The number of nitrogens with zero attached hydrogens (tertiary/aromatic N) is 1. The van der Waals surface area contributed by atoms with Gasteiger partial charge in [0.2, 0.25) is 0 Å². The SMILES string of the molecule is CC1(C)c2ccccc2-c2ccc(N(c3ccc(-c4ccc5c(c4)C4(c6ccccc6-5)c5ccccc5-c5oc6ccccc6c54)cc3)c3ccccc3-c3ccccc3)cc21. The van der Waals surface area contributed by atoms with Crippen molar-refractivity contribution in [2.24, 2.45) is 0 Å². The van der Waals surface area contributed by atoms with Crippen molar-refractivity contribution in [3.8, 4) is 55.8 Å². The van der Waals surface area contributed by atoms with E-state index in [-0.39, 0.29) is 5.41 Å². The topological polar surface area (TPSA) is 16.4 Å². The highest BCUT2D eigenvalue weighted by Gasteiger charge is 2.54. The van der Waals surface area contributed by atoms with E-state index in [1.165, 1.54) is 88.8 Å². The van der Waals surface area contributed by atoms with Gasteiger partial charge in [0, 0.05) is 38.9 Å². The number of fused-ring (bicyclic) bond motifs is 15. The van der Waals surface area contributed by atoms with Gasteiger partial charge in [-0.15, -0.1) is 0 Å². The second kappa shape index (κ2) is 12.9. The van der Waals surface area contributed by atoms with E-state index >= 15 is 0 Å². The van der Waals surface area contributed by atoms with Gasteiger partial charge in [-0.2, -0.15) is 0 Å². The zero-order chi connectivity index (χ0) is 41.2. The van der Waals surface area contributed by atoms with Gasteiger partial charge in [0.15, 0.2) is 0 Å². The van der Waals surface area contributed by atoms with Gasteiger partial charge in [-0.3, -0.25) is 0 Å². The first-order valence-corrected chi connectivity index (χ1v) is 21.7. The van der Waals surface area contributed by atoms with Crippen LogP contribution in [0.25, 0.3) is 66.8 Å². The first-order chi connectivity index (χ1) is 30.5. The molecular weight excluding hydrogens is 751 g/mol. The Hall–Kier alpha value is -7.68. The third-order valence-electron chi connectivity index (χ3n) is 14.1. The maximum Gasteiger partial charge on any atom is 0.140 e. The third kappa shape index (κ3) is 4.69. The second-order valence-corrected chi connectivity index (χ2v) is 17.6. The monoisotopic (exact) mass is 791 g/mol. The molecule has 292 valence electrons. The Morgan fingerprint density at radius 2 is 0.919 bits per heavy atom. The molecule has 0 bridgehead atoms. The summed E-state index contributed by atoms with van der Waals surface area (Å²) in [5.74, 6) is 0.980. The molecule has 0 saturated carbocycles. The molecule has 0 fully saturated rings. The Labute approximate surface area is 362 Å². The molecule has 1 heterocycles. The van der Waals surface area contributed by atoms with Crippen LogP contribution in [0.1, 0.15) is 47.2 Å². The van der Waals surface area contributed by atoms with Gasteiger partial charge in [-0.05, 0) is 109 Å². The van der Waals surface area contributed by atoms with Crippen molar-refractivity contribution in [1.29, 1.82) is 0 Å². The zero-order valence-corrected chi connectivity index (χ0v) is 34.6. The molecule has 2 heteroatoms. The van der Waals surface area contributed by atoms with Crippen LogP contribution in [-0.2, 0) is 10.8 Å². The first-order valence-electron chi connectivity index (χ1n) is 21.7. The molecule has 0 amide bonds. The lowest BCUT2D eigenvalue weighted by Gasteiger charge is -2.30. The molecule has 0 saturated heterocycles. The Morgan fingerprint density at radius 3 is 1.71 bits per heavy atom. The van der Waals surface area contributed by atoms with Gasteiger partial charge in [-0.1, -0.05) is 184 Å². The molecule has 1 atom stereocenters. The van der Waals surface area contributed by atoms with Crippen LogP contribution in [0.3, 0.4) is 0 Å². The fourth-order valence-electron chi connectivity index (χ4n) is 11.4. The summed E-state index contributed by atoms with van der Waals surface area (Å²) in [7, 11) is 0. The molecule has 2 nitrogen and oxygen atoms in total. The molecule has 1 unspecified atom stereocenters. The van der Waals surface area contributed by atoms with E-state index < -0.39 is 5.41 Å². The summed E-state index contributed by atoms with van der Waals surface area (Å²) in [5.41, 5.74) is 22.7. The maximum absolute atomic E-state index is 6.76.